The minimum atomic E-state index is -1.18. The molecule has 1 amide bonds. The third-order valence-electron chi connectivity index (χ3n) is 5.65. The highest BCUT2D eigenvalue weighted by atomic mass is 35.5. The van der Waals surface area contributed by atoms with Crippen molar-refractivity contribution in [3.8, 4) is 0 Å². The summed E-state index contributed by atoms with van der Waals surface area (Å²) in [5, 5.41) is 3.45. The second-order valence-corrected chi connectivity index (χ2v) is 7.54. The fourth-order valence-electron chi connectivity index (χ4n) is 3.58. The molecule has 0 unspecified atom stereocenters. The number of hydrogen-bond donors (Lipinski definition) is 1. The first-order chi connectivity index (χ1) is 10.2. The highest BCUT2D eigenvalue weighted by Gasteiger charge is 2.75. The maximum Gasteiger partial charge on any atom is 0.313 e. The molecule has 1 saturated heterocycles. The van der Waals surface area contributed by atoms with Crippen LogP contribution < -0.4 is 5.32 Å². The first kappa shape index (κ1) is 15.6. The van der Waals surface area contributed by atoms with Gasteiger partial charge in [-0.25, -0.2) is 0 Å². The Labute approximate surface area is 139 Å². The minimum Gasteiger partial charge on any atom is -0.448 e. The summed E-state index contributed by atoms with van der Waals surface area (Å²) in [7, 11) is 0. The minimum absolute atomic E-state index is 0.316. The Morgan fingerprint density at radius 3 is 2.23 bits per heavy atom. The normalized spacial score (nSPS) is 32.0. The van der Waals surface area contributed by atoms with Crippen molar-refractivity contribution in [3.05, 3.63) is 28.2 Å². The molecule has 1 aromatic carbocycles. The molecule has 1 N–H and O–H groups in total. The van der Waals surface area contributed by atoms with E-state index in [0.29, 0.717) is 28.6 Å². The van der Waals surface area contributed by atoms with Gasteiger partial charge in [0.25, 0.3) is 5.91 Å². The third-order valence-corrected chi connectivity index (χ3v) is 6.28. The Kier molecular flexibility index (Phi) is 3.28. The van der Waals surface area contributed by atoms with Crippen LogP contribution >= 0.6 is 23.2 Å². The van der Waals surface area contributed by atoms with Gasteiger partial charge in [-0.3, -0.25) is 9.59 Å². The Balaban J connectivity index is 1.98. The topological polar surface area (TPSA) is 55.4 Å². The van der Waals surface area contributed by atoms with Gasteiger partial charge in [0.05, 0.1) is 21.1 Å². The Hall–Kier alpha value is -1.26. The van der Waals surface area contributed by atoms with Gasteiger partial charge < -0.3 is 10.1 Å². The van der Waals surface area contributed by atoms with E-state index in [-0.39, 0.29) is 11.9 Å². The maximum atomic E-state index is 12.9. The summed E-state index contributed by atoms with van der Waals surface area (Å²) in [5.41, 5.74) is -2.08. The Morgan fingerprint density at radius 1 is 1.18 bits per heavy atom. The molecular formula is C16H17Cl2NO3. The Morgan fingerprint density at radius 2 is 1.77 bits per heavy atom. The number of ether oxygens (including phenoxy) is 1. The van der Waals surface area contributed by atoms with Gasteiger partial charge in [-0.2, -0.15) is 0 Å². The molecule has 0 spiro atoms. The Bertz CT molecular complexity index is 668. The summed E-state index contributed by atoms with van der Waals surface area (Å²) in [6.07, 6.45) is 1.12. The van der Waals surface area contributed by atoms with Crippen LogP contribution in [0.15, 0.2) is 18.2 Å². The third kappa shape index (κ3) is 1.71. The first-order valence-corrected chi connectivity index (χ1v) is 7.90. The molecule has 1 aliphatic carbocycles. The number of halogens is 2. The molecule has 6 heteroatoms. The summed E-state index contributed by atoms with van der Waals surface area (Å²) in [4.78, 5) is 25.1. The van der Waals surface area contributed by atoms with Crippen LogP contribution in [0.1, 0.15) is 33.6 Å². The number of benzene rings is 1. The summed E-state index contributed by atoms with van der Waals surface area (Å²) >= 11 is 12.2. The van der Waals surface area contributed by atoms with Crippen LogP contribution in [0, 0.1) is 10.8 Å². The van der Waals surface area contributed by atoms with Crippen molar-refractivity contribution in [1.29, 1.82) is 0 Å². The molecule has 1 heterocycles. The monoisotopic (exact) mass is 341 g/mol. The SMILES string of the molecule is CC1(C)[C@@]2(C(=O)Nc3c(Cl)cccc3Cl)CC[C@]1(C)C(=O)O2. The van der Waals surface area contributed by atoms with Crippen molar-refractivity contribution >= 4 is 40.8 Å². The molecule has 1 aromatic rings. The molecule has 2 atom stereocenters. The van der Waals surface area contributed by atoms with E-state index in [9.17, 15) is 9.59 Å². The van der Waals surface area contributed by atoms with E-state index >= 15 is 0 Å². The molecule has 22 heavy (non-hydrogen) atoms. The van der Waals surface area contributed by atoms with Crippen LogP contribution in [-0.2, 0) is 14.3 Å². The summed E-state index contributed by atoms with van der Waals surface area (Å²) in [5.74, 6) is -0.689. The molecule has 2 fully saturated rings. The van der Waals surface area contributed by atoms with Gasteiger partial charge >= 0.3 is 5.97 Å². The van der Waals surface area contributed by atoms with Crippen molar-refractivity contribution in [2.24, 2.45) is 10.8 Å². The smallest absolute Gasteiger partial charge is 0.313 e. The molecule has 0 radical (unpaired) electrons. The van der Waals surface area contributed by atoms with Crippen LogP contribution in [-0.4, -0.2) is 17.5 Å². The standard InChI is InChI=1S/C16H17Cl2NO3/c1-14(2)15(3)7-8-16(14,22-13(15)21)12(20)19-11-9(17)5-4-6-10(11)18/h4-6H,7-8H2,1-3H3,(H,19,20)/t15-,16+/m1/s1. The molecular weight excluding hydrogens is 325 g/mol. The fourth-order valence-corrected chi connectivity index (χ4v) is 4.07. The first-order valence-electron chi connectivity index (χ1n) is 7.15. The van der Waals surface area contributed by atoms with Gasteiger partial charge in [0.1, 0.15) is 0 Å². The largest absolute Gasteiger partial charge is 0.448 e. The number of para-hydroxylation sites is 1. The highest BCUT2D eigenvalue weighted by Crippen LogP contribution is 2.65. The van der Waals surface area contributed by atoms with Crippen molar-refractivity contribution in [2.75, 3.05) is 5.32 Å². The molecule has 3 rings (SSSR count). The molecule has 1 aliphatic heterocycles. The summed E-state index contributed by atoms with van der Waals surface area (Å²) < 4.78 is 5.54. The van der Waals surface area contributed by atoms with E-state index in [1.807, 2.05) is 20.8 Å². The van der Waals surface area contributed by atoms with Gasteiger partial charge in [-0.05, 0) is 31.9 Å². The lowest BCUT2D eigenvalue weighted by atomic mass is 9.66. The number of rotatable bonds is 2. The lowest BCUT2D eigenvalue weighted by Gasteiger charge is -2.35. The quantitative estimate of drug-likeness (QED) is 0.825. The van der Waals surface area contributed by atoms with Crippen molar-refractivity contribution < 1.29 is 14.3 Å². The number of nitrogens with one attached hydrogen (secondary N) is 1. The van der Waals surface area contributed by atoms with E-state index in [4.69, 9.17) is 27.9 Å². The zero-order valence-corrected chi connectivity index (χ0v) is 14.1. The van der Waals surface area contributed by atoms with Crippen LogP contribution in [0.3, 0.4) is 0 Å². The van der Waals surface area contributed by atoms with Crippen LogP contribution in [0.4, 0.5) is 5.69 Å². The zero-order valence-electron chi connectivity index (χ0n) is 12.6. The second-order valence-electron chi connectivity index (χ2n) is 6.72. The lowest BCUT2D eigenvalue weighted by molar-refractivity contribution is -0.165. The molecule has 0 aromatic heterocycles. The van der Waals surface area contributed by atoms with Gasteiger partial charge in [-0.1, -0.05) is 43.1 Å². The van der Waals surface area contributed by atoms with Crippen LogP contribution in [0.25, 0.3) is 0 Å². The maximum absolute atomic E-state index is 12.9. The number of carbonyl (C=O) groups excluding carboxylic acids is 2. The number of carbonyl (C=O) groups is 2. The van der Waals surface area contributed by atoms with Gasteiger partial charge in [0.15, 0.2) is 5.60 Å². The zero-order chi connectivity index (χ0) is 16.3. The van der Waals surface area contributed by atoms with Gasteiger partial charge in [-0.15, -0.1) is 0 Å². The number of amides is 1. The summed E-state index contributed by atoms with van der Waals surface area (Å²) in [6, 6.07) is 4.99. The average Bonchev–Trinajstić information content (AvgIpc) is 2.73. The van der Waals surface area contributed by atoms with E-state index in [0.717, 1.165) is 0 Å². The predicted octanol–water partition coefficient (Wildman–Crippen LogP) is 4.05. The number of esters is 1. The number of fused-ring (bicyclic) bond motifs is 2. The average molecular weight is 342 g/mol. The fraction of sp³-hybridized carbons (Fsp3) is 0.500. The highest BCUT2D eigenvalue weighted by molar-refractivity contribution is 6.39. The molecule has 1 saturated carbocycles. The van der Waals surface area contributed by atoms with E-state index in [1.165, 1.54) is 0 Å². The van der Waals surface area contributed by atoms with E-state index in [1.54, 1.807) is 18.2 Å². The second kappa shape index (κ2) is 4.62. The lowest BCUT2D eigenvalue weighted by Crippen LogP contribution is -2.50. The van der Waals surface area contributed by atoms with Gasteiger partial charge in [0, 0.05) is 5.41 Å². The van der Waals surface area contributed by atoms with Crippen LogP contribution in [0.5, 0.6) is 0 Å². The predicted molar refractivity (Wildman–Crippen MR) is 85.0 cm³/mol. The number of anilines is 1. The van der Waals surface area contributed by atoms with Crippen molar-refractivity contribution in [3.63, 3.8) is 0 Å². The molecule has 4 nitrogen and oxygen atoms in total. The van der Waals surface area contributed by atoms with Gasteiger partial charge in [0.2, 0.25) is 0 Å². The molecule has 2 bridgehead atoms. The van der Waals surface area contributed by atoms with Crippen LogP contribution in [0.2, 0.25) is 10.0 Å². The van der Waals surface area contributed by atoms with E-state index in [2.05, 4.69) is 5.32 Å². The number of hydrogen-bond acceptors (Lipinski definition) is 3. The van der Waals surface area contributed by atoms with E-state index < -0.39 is 16.4 Å². The molecule has 118 valence electrons. The molecule has 2 aliphatic rings. The van der Waals surface area contributed by atoms with Crippen molar-refractivity contribution in [2.45, 2.75) is 39.2 Å². The van der Waals surface area contributed by atoms with Crippen molar-refractivity contribution in [1.82, 2.24) is 0 Å². The summed E-state index contributed by atoms with van der Waals surface area (Å²) in [6.45, 7) is 5.66.